The van der Waals surface area contributed by atoms with Gasteiger partial charge in [-0.2, -0.15) is 0 Å². The van der Waals surface area contributed by atoms with Gasteiger partial charge in [-0.25, -0.2) is 13.2 Å². The second-order valence-electron chi connectivity index (χ2n) is 4.98. The molecule has 1 amide bonds. The molecule has 0 bridgehead atoms. The fraction of sp³-hybridized carbons (Fsp3) is 0.235. The summed E-state index contributed by atoms with van der Waals surface area (Å²) < 4.78 is 44.8. The number of carbonyl (C=O) groups is 1. The van der Waals surface area contributed by atoms with Gasteiger partial charge in [0, 0.05) is 12.1 Å². The Morgan fingerprint density at radius 1 is 1.09 bits per heavy atom. The topological polar surface area (TPSA) is 38.3 Å². The third-order valence-electron chi connectivity index (χ3n) is 3.31. The van der Waals surface area contributed by atoms with Crippen LogP contribution in [0.4, 0.5) is 13.2 Å². The van der Waals surface area contributed by atoms with Crippen LogP contribution in [0, 0.1) is 17.5 Å². The van der Waals surface area contributed by atoms with Crippen molar-refractivity contribution in [2.75, 3.05) is 13.7 Å². The van der Waals surface area contributed by atoms with Crippen LogP contribution in [0.2, 0.25) is 0 Å². The average Bonchev–Trinajstić information content (AvgIpc) is 2.51. The van der Waals surface area contributed by atoms with Crippen molar-refractivity contribution in [3.8, 4) is 5.75 Å². The summed E-state index contributed by atoms with van der Waals surface area (Å²) in [5, 5.41) is 2.59. The lowest BCUT2D eigenvalue weighted by Gasteiger charge is -2.08. The van der Waals surface area contributed by atoms with E-state index in [4.69, 9.17) is 4.74 Å². The molecule has 0 aliphatic heterocycles. The molecule has 0 atom stereocenters. The lowest BCUT2D eigenvalue weighted by Crippen LogP contribution is -2.27. The van der Waals surface area contributed by atoms with E-state index >= 15 is 0 Å². The maximum absolute atomic E-state index is 13.5. The minimum absolute atomic E-state index is 0.00186. The Morgan fingerprint density at radius 2 is 1.87 bits per heavy atom. The van der Waals surface area contributed by atoms with E-state index in [9.17, 15) is 18.0 Å². The van der Waals surface area contributed by atoms with Gasteiger partial charge in [0.25, 0.3) is 0 Å². The predicted molar refractivity (Wildman–Crippen MR) is 79.7 cm³/mol. The smallest absolute Gasteiger partial charge is 0.224 e. The fourth-order valence-electron chi connectivity index (χ4n) is 2.13. The highest BCUT2D eigenvalue weighted by molar-refractivity contribution is 5.78. The molecule has 0 aliphatic rings. The Morgan fingerprint density at radius 3 is 2.57 bits per heavy atom. The molecule has 0 spiro atoms. The molecule has 0 saturated heterocycles. The van der Waals surface area contributed by atoms with Crippen molar-refractivity contribution < 1.29 is 22.7 Å². The van der Waals surface area contributed by atoms with Crippen LogP contribution in [0.3, 0.4) is 0 Å². The van der Waals surface area contributed by atoms with Crippen molar-refractivity contribution in [2.24, 2.45) is 0 Å². The number of hydrogen-bond donors (Lipinski definition) is 1. The lowest BCUT2D eigenvalue weighted by molar-refractivity contribution is -0.120. The van der Waals surface area contributed by atoms with Crippen molar-refractivity contribution in [1.82, 2.24) is 5.32 Å². The Bertz CT molecular complexity index is 704. The summed E-state index contributed by atoms with van der Waals surface area (Å²) in [6, 6.07) is 7.51. The molecule has 0 radical (unpaired) electrons. The maximum atomic E-state index is 13.5. The number of ether oxygens (including phenoxy) is 1. The molecular weight excluding hydrogens is 307 g/mol. The molecule has 2 aromatic rings. The molecule has 0 saturated carbocycles. The Labute approximate surface area is 132 Å². The van der Waals surface area contributed by atoms with Crippen LogP contribution in [0.25, 0.3) is 0 Å². The summed E-state index contributed by atoms with van der Waals surface area (Å²) in [5.74, 6) is -1.97. The molecular formula is C17H16F3NO2. The molecule has 6 heteroatoms. The molecule has 2 aromatic carbocycles. The zero-order chi connectivity index (χ0) is 16.8. The Hall–Kier alpha value is -2.50. The summed E-state index contributed by atoms with van der Waals surface area (Å²) in [4.78, 5) is 11.7. The zero-order valence-electron chi connectivity index (χ0n) is 12.5. The quantitative estimate of drug-likeness (QED) is 0.887. The van der Waals surface area contributed by atoms with Crippen LogP contribution in [0.1, 0.15) is 11.1 Å². The van der Waals surface area contributed by atoms with Gasteiger partial charge in [-0.1, -0.05) is 6.07 Å². The van der Waals surface area contributed by atoms with Crippen LogP contribution in [-0.2, 0) is 17.6 Å². The van der Waals surface area contributed by atoms with Gasteiger partial charge in [-0.15, -0.1) is 0 Å². The largest absolute Gasteiger partial charge is 0.494 e. The summed E-state index contributed by atoms with van der Waals surface area (Å²) in [5.41, 5.74) is 0.693. The standard InChI is InChI=1S/C17H16F3NO2/c1-23-16-5-2-11(8-15(16)20)6-7-21-17(22)10-12-9-13(18)3-4-14(12)19/h2-5,8-9H,6-7,10H2,1H3,(H,21,22). The average molecular weight is 323 g/mol. The van der Waals surface area contributed by atoms with Gasteiger partial charge in [0.1, 0.15) is 11.6 Å². The number of benzene rings is 2. The van der Waals surface area contributed by atoms with E-state index in [-0.39, 0.29) is 24.3 Å². The van der Waals surface area contributed by atoms with E-state index in [1.807, 2.05) is 0 Å². The van der Waals surface area contributed by atoms with E-state index in [1.54, 1.807) is 6.07 Å². The van der Waals surface area contributed by atoms with Crippen molar-refractivity contribution in [1.29, 1.82) is 0 Å². The second-order valence-corrected chi connectivity index (χ2v) is 4.98. The van der Waals surface area contributed by atoms with Crippen LogP contribution in [-0.4, -0.2) is 19.6 Å². The Balaban J connectivity index is 1.85. The molecule has 1 N–H and O–H groups in total. The SMILES string of the molecule is COc1ccc(CCNC(=O)Cc2cc(F)ccc2F)cc1F. The molecule has 122 valence electrons. The van der Waals surface area contributed by atoms with Crippen molar-refractivity contribution in [3.63, 3.8) is 0 Å². The van der Waals surface area contributed by atoms with Gasteiger partial charge in [0.2, 0.25) is 5.91 Å². The van der Waals surface area contributed by atoms with Gasteiger partial charge < -0.3 is 10.1 Å². The number of carbonyl (C=O) groups excluding carboxylic acids is 1. The third kappa shape index (κ3) is 4.74. The van der Waals surface area contributed by atoms with Gasteiger partial charge >= 0.3 is 0 Å². The number of rotatable bonds is 6. The highest BCUT2D eigenvalue weighted by Gasteiger charge is 2.09. The summed E-state index contributed by atoms with van der Waals surface area (Å²) in [7, 11) is 1.38. The molecule has 0 fully saturated rings. The maximum Gasteiger partial charge on any atom is 0.224 e. The first-order valence-electron chi connectivity index (χ1n) is 7.02. The number of halogens is 3. The van der Waals surface area contributed by atoms with Crippen molar-refractivity contribution >= 4 is 5.91 Å². The predicted octanol–water partition coefficient (Wildman–Crippen LogP) is 3.01. The van der Waals surface area contributed by atoms with Gasteiger partial charge in [0.05, 0.1) is 13.5 Å². The van der Waals surface area contributed by atoms with Crippen molar-refractivity contribution in [2.45, 2.75) is 12.8 Å². The first-order valence-corrected chi connectivity index (χ1v) is 7.02. The van der Waals surface area contributed by atoms with E-state index in [2.05, 4.69) is 5.32 Å². The molecule has 0 aliphatic carbocycles. The Kier molecular flexibility index (Phi) is 5.62. The zero-order valence-corrected chi connectivity index (χ0v) is 12.5. The first kappa shape index (κ1) is 16.9. The molecule has 0 aromatic heterocycles. The summed E-state index contributed by atoms with van der Waals surface area (Å²) in [6.45, 7) is 0.265. The summed E-state index contributed by atoms with van der Waals surface area (Å²) >= 11 is 0. The monoisotopic (exact) mass is 323 g/mol. The van der Waals surface area contributed by atoms with E-state index in [1.165, 1.54) is 19.2 Å². The number of amides is 1. The summed E-state index contributed by atoms with van der Waals surface area (Å²) in [6.07, 6.45) is 0.166. The fourth-order valence-corrected chi connectivity index (χ4v) is 2.13. The molecule has 0 unspecified atom stereocenters. The van der Waals surface area contributed by atoms with E-state index in [0.29, 0.717) is 12.0 Å². The van der Waals surface area contributed by atoms with Crippen LogP contribution in [0.15, 0.2) is 36.4 Å². The number of methoxy groups -OCH3 is 1. The van der Waals surface area contributed by atoms with Crippen LogP contribution >= 0.6 is 0 Å². The van der Waals surface area contributed by atoms with Crippen LogP contribution in [0.5, 0.6) is 5.75 Å². The second kappa shape index (κ2) is 7.67. The van der Waals surface area contributed by atoms with Gasteiger partial charge in [-0.3, -0.25) is 4.79 Å². The third-order valence-corrected chi connectivity index (χ3v) is 3.31. The minimum atomic E-state index is -0.626. The van der Waals surface area contributed by atoms with E-state index < -0.39 is 23.4 Å². The van der Waals surface area contributed by atoms with Crippen molar-refractivity contribution in [3.05, 3.63) is 65.0 Å². The molecule has 3 nitrogen and oxygen atoms in total. The molecule has 23 heavy (non-hydrogen) atoms. The van der Waals surface area contributed by atoms with E-state index in [0.717, 1.165) is 18.2 Å². The highest BCUT2D eigenvalue weighted by atomic mass is 19.1. The highest BCUT2D eigenvalue weighted by Crippen LogP contribution is 2.17. The molecule has 0 heterocycles. The van der Waals surface area contributed by atoms with Crippen LogP contribution < -0.4 is 10.1 Å². The van der Waals surface area contributed by atoms with Gasteiger partial charge in [0.15, 0.2) is 11.6 Å². The van der Waals surface area contributed by atoms with Gasteiger partial charge in [-0.05, 0) is 42.3 Å². The first-order chi connectivity index (χ1) is 11.0. The number of nitrogens with one attached hydrogen (secondary N) is 1. The molecule has 2 rings (SSSR count). The minimum Gasteiger partial charge on any atom is -0.494 e. The lowest BCUT2D eigenvalue weighted by atomic mass is 10.1. The number of hydrogen-bond acceptors (Lipinski definition) is 2. The normalized spacial score (nSPS) is 10.4.